The lowest BCUT2D eigenvalue weighted by Crippen LogP contribution is -2.11. The highest BCUT2D eigenvalue weighted by molar-refractivity contribution is 7.94. The second-order valence-electron chi connectivity index (χ2n) is 3.90. The van der Waals surface area contributed by atoms with Crippen LogP contribution in [0.2, 0.25) is 0 Å². The normalized spacial score (nSPS) is 11.2. The molecule has 0 saturated carbocycles. The van der Waals surface area contributed by atoms with Gasteiger partial charge in [-0.05, 0) is 30.0 Å². The Morgan fingerprint density at radius 3 is 2.74 bits per heavy atom. The molecule has 0 spiro atoms. The van der Waals surface area contributed by atoms with Gasteiger partial charge in [-0.15, -0.1) is 11.3 Å². The third-order valence-corrected chi connectivity index (χ3v) is 5.11. The Hall–Kier alpha value is -1.60. The molecule has 102 valence electrons. The quantitative estimate of drug-likeness (QED) is 0.860. The molecular formula is C12H15N3O2S2. The third-order valence-electron chi connectivity index (χ3n) is 2.33. The average molecular weight is 297 g/mol. The first-order chi connectivity index (χ1) is 9.12. The Labute approximate surface area is 116 Å². The molecule has 0 aliphatic rings. The van der Waals surface area contributed by atoms with E-state index in [0.29, 0.717) is 9.90 Å². The maximum absolute atomic E-state index is 12.0. The number of nitrogens with one attached hydrogen (secondary N) is 2. The lowest BCUT2D eigenvalue weighted by atomic mass is 10.4. The van der Waals surface area contributed by atoms with Gasteiger partial charge in [0.2, 0.25) is 0 Å². The summed E-state index contributed by atoms with van der Waals surface area (Å²) in [7, 11) is -3.49. The van der Waals surface area contributed by atoms with Gasteiger partial charge in [-0.2, -0.15) is 0 Å². The zero-order valence-corrected chi connectivity index (χ0v) is 12.1. The molecule has 0 bridgehead atoms. The maximum Gasteiger partial charge on any atom is 0.271 e. The Morgan fingerprint density at radius 1 is 1.32 bits per heavy atom. The molecule has 0 aliphatic carbocycles. The largest absolute Gasteiger partial charge is 0.370 e. The summed E-state index contributed by atoms with van der Waals surface area (Å²) in [6.07, 6.45) is 2.51. The molecule has 0 aliphatic heterocycles. The second-order valence-corrected chi connectivity index (χ2v) is 6.75. The minimum Gasteiger partial charge on any atom is -0.370 e. The molecular weight excluding hydrogens is 282 g/mol. The number of hydrogen-bond donors (Lipinski definition) is 2. The standard InChI is InChI=1S/C12H15N3O2S2/c1-2-7-13-11-6-5-10(9-14-11)15-19(16,17)12-4-3-8-18-12/h3-6,8-9,15H,2,7H2,1H3,(H,13,14). The van der Waals surface area contributed by atoms with Crippen molar-refractivity contribution in [2.75, 3.05) is 16.6 Å². The van der Waals surface area contributed by atoms with E-state index in [4.69, 9.17) is 0 Å². The average Bonchev–Trinajstić information content (AvgIpc) is 2.92. The zero-order valence-electron chi connectivity index (χ0n) is 10.5. The van der Waals surface area contributed by atoms with Crippen molar-refractivity contribution in [2.45, 2.75) is 17.6 Å². The number of nitrogens with zero attached hydrogens (tertiary/aromatic N) is 1. The number of thiophene rings is 1. The van der Waals surface area contributed by atoms with E-state index in [1.54, 1.807) is 29.6 Å². The van der Waals surface area contributed by atoms with E-state index in [-0.39, 0.29) is 0 Å². The number of anilines is 2. The summed E-state index contributed by atoms with van der Waals surface area (Å²) in [5.74, 6) is 0.737. The van der Waals surface area contributed by atoms with Crippen LogP contribution in [-0.4, -0.2) is 19.9 Å². The highest BCUT2D eigenvalue weighted by atomic mass is 32.2. The van der Waals surface area contributed by atoms with Crippen molar-refractivity contribution in [2.24, 2.45) is 0 Å². The van der Waals surface area contributed by atoms with Gasteiger partial charge < -0.3 is 5.32 Å². The van der Waals surface area contributed by atoms with E-state index in [1.165, 1.54) is 17.5 Å². The molecule has 0 atom stereocenters. The van der Waals surface area contributed by atoms with E-state index in [9.17, 15) is 8.42 Å². The topological polar surface area (TPSA) is 71.1 Å². The van der Waals surface area contributed by atoms with Gasteiger partial charge in [0.1, 0.15) is 10.0 Å². The Balaban J connectivity index is 2.07. The summed E-state index contributed by atoms with van der Waals surface area (Å²) in [4.78, 5) is 4.15. The predicted octanol–water partition coefficient (Wildman–Crippen LogP) is 2.77. The Kier molecular flexibility index (Phi) is 4.39. The van der Waals surface area contributed by atoms with Crippen LogP contribution in [0.1, 0.15) is 13.3 Å². The van der Waals surface area contributed by atoms with Crippen molar-refractivity contribution in [3.63, 3.8) is 0 Å². The van der Waals surface area contributed by atoms with Crippen molar-refractivity contribution in [3.05, 3.63) is 35.8 Å². The molecule has 2 rings (SSSR count). The fourth-order valence-corrected chi connectivity index (χ4v) is 3.47. The van der Waals surface area contributed by atoms with Gasteiger partial charge in [0.05, 0.1) is 11.9 Å². The lowest BCUT2D eigenvalue weighted by Gasteiger charge is -2.07. The molecule has 0 fully saturated rings. The number of pyridine rings is 1. The fraction of sp³-hybridized carbons (Fsp3) is 0.250. The van der Waals surface area contributed by atoms with Crippen LogP contribution < -0.4 is 10.0 Å². The molecule has 2 aromatic heterocycles. The van der Waals surface area contributed by atoms with E-state index in [0.717, 1.165) is 18.8 Å². The lowest BCUT2D eigenvalue weighted by molar-refractivity contribution is 0.603. The summed E-state index contributed by atoms with van der Waals surface area (Å²) >= 11 is 1.18. The Morgan fingerprint density at radius 2 is 2.16 bits per heavy atom. The van der Waals surface area contributed by atoms with E-state index in [2.05, 4.69) is 21.9 Å². The molecule has 0 amide bonds. The van der Waals surface area contributed by atoms with E-state index >= 15 is 0 Å². The van der Waals surface area contributed by atoms with Crippen molar-refractivity contribution in [1.29, 1.82) is 0 Å². The first-order valence-corrected chi connectivity index (χ1v) is 8.24. The molecule has 7 heteroatoms. The number of rotatable bonds is 6. The maximum atomic E-state index is 12.0. The Bertz CT molecular complexity index is 607. The summed E-state index contributed by atoms with van der Waals surface area (Å²) < 4.78 is 26.7. The molecule has 5 nitrogen and oxygen atoms in total. The highest BCUT2D eigenvalue weighted by Crippen LogP contribution is 2.20. The fourth-order valence-electron chi connectivity index (χ4n) is 1.43. The minimum absolute atomic E-state index is 0.292. The smallest absolute Gasteiger partial charge is 0.271 e. The van der Waals surface area contributed by atoms with E-state index in [1.807, 2.05) is 0 Å². The minimum atomic E-state index is -3.49. The number of hydrogen-bond acceptors (Lipinski definition) is 5. The van der Waals surface area contributed by atoms with Crippen molar-refractivity contribution in [1.82, 2.24) is 4.98 Å². The summed E-state index contributed by atoms with van der Waals surface area (Å²) in [5, 5.41) is 4.85. The summed E-state index contributed by atoms with van der Waals surface area (Å²) in [6, 6.07) is 6.71. The van der Waals surface area contributed by atoms with Gasteiger partial charge in [-0.1, -0.05) is 13.0 Å². The summed E-state index contributed by atoms with van der Waals surface area (Å²) in [6.45, 7) is 2.91. The molecule has 2 heterocycles. The predicted molar refractivity (Wildman–Crippen MR) is 78.1 cm³/mol. The molecule has 0 aromatic carbocycles. The van der Waals surface area contributed by atoms with Crippen molar-refractivity contribution >= 4 is 32.9 Å². The van der Waals surface area contributed by atoms with Crippen LogP contribution >= 0.6 is 11.3 Å². The van der Waals surface area contributed by atoms with Crippen molar-refractivity contribution in [3.8, 4) is 0 Å². The van der Waals surface area contributed by atoms with E-state index < -0.39 is 10.0 Å². The second kappa shape index (κ2) is 6.03. The SMILES string of the molecule is CCCNc1ccc(NS(=O)(=O)c2cccs2)cn1. The van der Waals surface area contributed by atoms with Crippen LogP contribution in [0.3, 0.4) is 0 Å². The summed E-state index contributed by atoms with van der Waals surface area (Å²) in [5.41, 5.74) is 0.454. The van der Waals surface area contributed by atoms with Gasteiger partial charge in [-0.3, -0.25) is 4.72 Å². The first kappa shape index (κ1) is 13.8. The van der Waals surface area contributed by atoms with Gasteiger partial charge in [0, 0.05) is 6.54 Å². The van der Waals surface area contributed by atoms with Gasteiger partial charge >= 0.3 is 0 Å². The van der Waals surface area contributed by atoms with Crippen LogP contribution in [0.5, 0.6) is 0 Å². The van der Waals surface area contributed by atoms with Gasteiger partial charge in [0.15, 0.2) is 0 Å². The molecule has 0 radical (unpaired) electrons. The van der Waals surface area contributed by atoms with Crippen LogP contribution in [0.4, 0.5) is 11.5 Å². The van der Waals surface area contributed by atoms with Crippen LogP contribution in [-0.2, 0) is 10.0 Å². The van der Waals surface area contributed by atoms with Crippen LogP contribution in [0.15, 0.2) is 40.1 Å². The van der Waals surface area contributed by atoms with Crippen LogP contribution in [0.25, 0.3) is 0 Å². The molecule has 2 aromatic rings. The molecule has 0 unspecified atom stereocenters. The first-order valence-electron chi connectivity index (χ1n) is 5.88. The highest BCUT2D eigenvalue weighted by Gasteiger charge is 2.14. The van der Waals surface area contributed by atoms with Gasteiger partial charge in [0.25, 0.3) is 10.0 Å². The number of aromatic nitrogens is 1. The monoisotopic (exact) mass is 297 g/mol. The number of sulfonamides is 1. The zero-order chi connectivity index (χ0) is 13.7. The van der Waals surface area contributed by atoms with Gasteiger partial charge in [-0.25, -0.2) is 13.4 Å². The van der Waals surface area contributed by atoms with Crippen molar-refractivity contribution < 1.29 is 8.42 Å². The molecule has 2 N–H and O–H groups in total. The van der Waals surface area contributed by atoms with Crippen LogP contribution in [0, 0.1) is 0 Å². The third kappa shape index (κ3) is 3.68. The molecule has 0 saturated heterocycles. The molecule has 19 heavy (non-hydrogen) atoms.